The van der Waals surface area contributed by atoms with Crippen molar-refractivity contribution in [1.82, 2.24) is 4.90 Å². The lowest BCUT2D eigenvalue weighted by atomic mass is 10.0. The molecular formula is C20H26ClN3O3S. The van der Waals surface area contributed by atoms with Crippen molar-refractivity contribution in [2.75, 3.05) is 18.5 Å². The average Bonchev–Trinajstić information content (AvgIpc) is 2.99. The zero-order chi connectivity index (χ0) is 19.4. The van der Waals surface area contributed by atoms with Gasteiger partial charge >= 0.3 is 0 Å². The number of thiophene rings is 1. The summed E-state index contributed by atoms with van der Waals surface area (Å²) in [6.45, 7) is 6.25. The van der Waals surface area contributed by atoms with Crippen LogP contribution in [-0.4, -0.2) is 35.9 Å². The van der Waals surface area contributed by atoms with Gasteiger partial charge in [-0.15, -0.1) is 23.7 Å². The Morgan fingerprint density at radius 3 is 2.64 bits per heavy atom. The van der Waals surface area contributed by atoms with Crippen molar-refractivity contribution in [2.24, 2.45) is 5.73 Å². The summed E-state index contributed by atoms with van der Waals surface area (Å²) in [5.74, 6) is 0.0533. The molecule has 1 aromatic carbocycles. The highest BCUT2D eigenvalue weighted by Crippen LogP contribution is 2.37. The molecule has 1 aromatic heterocycles. The maximum atomic E-state index is 12.3. The smallest absolute Gasteiger partial charge is 0.251 e. The molecule has 0 saturated heterocycles. The maximum absolute atomic E-state index is 12.3. The standard InChI is InChI=1S/C20H25N3O3S.ClH/c1-13(2)23-10-8-15-16(12-23)27-20(18(15)19(21)25)22-17(24)9-11-26-14-6-4-3-5-7-14;/h3-7,13H,8-12H2,1-2H3,(H2,21,25)(H,22,24);1H. The number of nitrogens with zero attached hydrogens (tertiary/aromatic N) is 1. The summed E-state index contributed by atoms with van der Waals surface area (Å²) < 4.78 is 5.56. The number of benzene rings is 1. The number of ether oxygens (including phenoxy) is 1. The van der Waals surface area contributed by atoms with E-state index in [0.717, 1.165) is 35.7 Å². The predicted octanol–water partition coefficient (Wildman–Crippen LogP) is 3.44. The second-order valence-corrected chi connectivity index (χ2v) is 7.95. The van der Waals surface area contributed by atoms with Gasteiger partial charge in [0.05, 0.1) is 18.6 Å². The third-order valence-corrected chi connectivity index (χ3v) is 5.79. The Bertz CT molecular complexity index is 824. The Hall–Kier alpha value is -2.09. The van der Waals surface area contributed by atoms with Gasteiger partial charge in [0.15, 0.2) is 0 Å². The molecule has 2 heterocycles. The molecule has 0 fully saturated rings. The third kappa shape index (κ3) is 5.25. The molecule has 0 unspecified atom stereocenters. The van der Waals surface area contributed by atoms with Crippen LogP contribution < -0.4 is 15.8 Å². The van der Waals surface area contributed by atoms with E-state index in [1.807, 2.05) is 30.3 Å². The van der Waals surface area contributed by atoms with Crippen LogP contribution >= 0.6 is 23.7 Å². The Morgan fingerprint density at radius 2 is 2.00 bits per heavy atom. The molecule has 3 rings (SSSR count). The van der Waals surface area contributed by atoms with E-state index in [1.165, 1.54) is 11.3 Å². The summed E-state index contributed by atoms with van der Waals surface area (Å²) in [5.41, 5.74) is 7.06. The first-order valence-corrected chi connectivity index (χ1v) is 9.93. The van der Waals surface area contributed by atoms with Crippen molar-refractivity contribution in [1.29, 1.82) is 0 Å². The first-order valence-electron chi connectivity index (χ1n) is 9.11. The van der Waals surface area contributed by atoms with E-state index in [2.05, 4.69) is 24.1 Å². The molecule has 2 amide bonds. The largest absolute Gasteiger partial charge is 0.493 e. The van der Waals surface area contributed by atoms with E-state index in [1.54, 1.807) is 0 Å². The number of anilines is 1. The van der Waals surface area contributed by atoms with Crippen LogP contribution in [0.25, 0.3) is 0 Å². The van der Waals surface area contributed by atoms with E-state index in [9.17, 15) is 9.59 Å². The van der Waals surface area contributed by atoms with Crippen molar-refractivity contribution >= 4 is 40.6 Å². The molecule has 0 radical (unpaired) electrons. The van der Waals surface area contributed by atoms with Crippen LogP contribution in [0, 0.1) is 0 Å². The summed E-state index contributed by atoms with van der Waals surface area (Å²) in [5, 5.41) is 3.42. The lowest BCUT2D eigenvalue weighted by molar-refractivity contribution is -0.116. The minimum absolute atomic E-state index is 0. The van der Waals surface area contributed by atoms with Crippen molar-refractivity contribution in [3.63, 3.8) is 0 Å². The minimum Gasteiger partial charge on any atom is -0.493 e. The van der Waals surface area contributed by atoms with Gasteiger partial charge in [0.2, 0.25) is 5.91 Å². The summed E-state index contributed by atoms with van der Waals surface area (Å²) in [6.07, 6.45) is 0.975. The number of primary amides is 1. The van der Waals surface area contributed by atoms with Crippen LogP contribution in [0.3, 0.4) is 0 Å². The highest BCUT2D eigenvalue weighted by atomic mass is 35.5. The van der Waals surface area contributed by atoms with Crippen LogP contribution in [0.5, 0.6) is 5.75 Å². The summed E-state index contributed by atoms with van der Waals surface area (Å²) in [6, 6.07) is 9.79. The molecule has 1 aliphatic rings. The van der Waals surface area contributed by atoms with E-state index < -0.39 is 5.91 Å². The number of carbonyl (C=O) groups excluding carboxylic acids is 2. The quantitative estimate of drug-likeness (QED) is 0.714. The van der Waals surface area contributed by atoms with Gasteiger partial charge in [-0.1, -0.05) is 18.2 Å². The van der Waals surface area contributed by atoms with Gasteiger partial charge in [0, 0.05) is 24.0 Å². The third-order valence-electron chi connectivity index (χ3n) is 4.66. The monoisotopic (exact) mass is 423 g/mol. The van der Waals surface area contributed by atoms with Gasteiger partial charge in [0.1, 0.15) is 10.8 Å². The lowest BCUT2D eigenvalue weighted by Gasteiger charge is -2.30. The summed E-state index contributed by atoms with van der Waals surface area (Å²) >= 11 is 1.45. The molecule has 0 atom stereocenters. The lowest BCUT2D eigenvalue weighted by Crippen LogP contribution is -2.35. The van der Waals surface area contributed by atoms with Crippen molar-refractivity contribution in [2.45, 2.75) is 39.3 Å². The molecule has 0 bridgehead atoms. The molecule has 152 valence electrons. The number of fused-ring (bicyclic) bond motifs is 1. The number of halogens is 1. The first-order chi connectivity index (χ1) is 13.0. The zero-order valence-corrected chi connectivity index (χ0v) is 17.7. The van der Waals surface area contributed by atoms with Gasteiger partial charge in [-0.3, -0.25) is 14.5 Å². The molecule has 3 N–H and O–H groups in total. The minimum atomic E-state index is -0.485. The average molecular weight is 424 g/mol. The molecule has 1 aliphatic heterocycles. The number of nitrogens with one attached hydrogen (secondary N) is 1. The SMILES string of the molecule is CC(C)N1CCc2c(sc(NC(=O)CCOc3ccccc3)c2C(N)=O)C1.Cl. The van der Waals surface area contributed by atoms with Crippen molar-refractivity contribution in [3.05, 3.63) is 46.3 Å². The first kappa shape index (κ1) is 22.2. The Morgan fingerprint density at radius 1 is 1.29 bits per heavy atom. The predicted molar refractivity (Wildman–Crippen MR) is 115 cm³/mol. The normalized spacial score (nSPS) is 13.5. The number of rotatable bonds is 7. The summed E-state index contributed by atoms with van der Waals surface area (Å²) in [4.78, 5) is 27.8. The van der Waals surface area contributed by atoms with Crippen LogP contribution in [0.2, 0.25) is 0 Å². The van der Waals surface area contributed by atoms with Crippen LogP contribution in [0.1, 0.15) is 41.1 Å². The van der Waals surface area contributed by atoms with Crippen LogP contribution in [0.15, 0.2) is 30.3 Å². The van der Waals surface area contributed by atoms with Crippen molar-refractivity contribution < 1.29 is 14.3 Å². The fourth-order valence-electron chi connectivity index (χ4n) is 3.18. The van der Waals surface area contributed by atoms with Gasteiger partial charge in [-0.2, -0.15) is 0 Å². The topological polar surface area (TPSA) is 84.7 Å². The highest BCUT2D eigenvalue weighted by Gasteiger charge is 2.28. The molecule has 0 saturated carbocycles. The number of para-hydroxylation sites is 1. The van der Waals surface area contributed by atoms with Crippen molar-refractivity contribution in [3.8, 4) is 5.75 Å². The zero-order valence-electron chi connectivity index (χ0n) is 16.1. The maximum Gasteiger partial charge on any atom is 0.251 e. The Balaban J connectivity index is 0.00000280. The number of hydrogen-bond acceptors (Lipinski definition) is 5. The molecule has 28 heavy (non-hydrogen) atoms. The second-order valence-electron chi connectivity index (χ2n) is 6.85. The van der Waals surface area contributed by atoms with Crippen LogP contribution in [-0.2, 0) is 17.8 Å². The molecule has 8 heteroatoms. The van der Waals surface area contributed by atoms with E-state index in [0.29, 0.717) is 16.6 Å². The second kappa shape index (κ2) is 9.91. The Labute approximate surface area is 175 Å². The Kier molecular flexibility index (Phi) is 7.86. The van der Waals surface area contributed by atoms with Gasteiger partial charge < -0.3 is 15.8 Å². The number of hydrogen-bond donors (Lipinski definition) is 2. The molecular weight excluding hydrogens is 398 g/mol. The molecule has 2 aromatic rings. The molecule has 0 aliphatic carbocycles. The van der Waals surface area contributed by atoms with E-state index in [-0.39, 0.29) is 31.3 Å². The number of nitrogens with two attached hydrogens (primary N) is 1. The molecule has 6 nitrogen and oxygen atoms in total. The summed E-state index contributed by atoms with van der Waals surface area (Å²) in [7, 11) is 0. The van der Waals surface area contributed by atoms with Gasteiger partial charge in [0.25, 0.3) is 5.91 Å². The fraction of sp³-hybridized carbons (Fsp3) is 0.400. The fourth-order valence-corrected chi connectivity index (χ4v) is 4.47. The highest BCUT2D eigenvalue weighted by molar-refractivity contribution is 7.17. The van der Waals surface area contributed by atoms with E-state index >= 15 is 0 Å². The van der Waals surface area contributed by atoms with Crippen LogP contribution in [0.4, 0.5) is 5.00 Å². The van der Waals surface area contributed by atoms with E-state index in [4.69, 9.17) is 10.5 Å². The number of carbonyl (C=O) groups is 2. The van der Waals surface area contributed by atoms with Gasteiger partial charge in [-0.25, -0.2) is 0 Å². The van der Waals surface area contributed by atoms with Gasteiger partial charge in [-0.05, 0) is 38.0 Å². The molecule has 0 spiro atoms. The number of amides is 2.